The van der Waals surface area contributed by atoms with Crippen LogP contribution < -0.4 is 5.32 Å². The number of H-pyrrole nitrogens is 1. The minimum Gasteiger partial charge on any atom is -0.392 e. The maximum Gasteiger partial charge on any atom is 0.229 e. The molecule has 1 aliphatic heterocycles. The van der Waals surface area contributed by atoms with Crippen molar-refractivity contribution in [3.63, 3.8) is 0 Å². The highest BCUT2D eigenvalue weighted by molar-refractivity contribution is 7.16. The molecule has 1 aromatic carbocycles. The molecule has 1 amide bonds. The van der Waals surface area contributed by atoms with Gasteiger partial charge in [0.05, 0.1) is 32.6 Å². The van der Waals surface area contributed by atoms with Gasteiger partial charge in [-0.3, -0.25) is 4.79 Å². The van der Waals surface area contributed by atoms with Crippen molar-refractivity contribution in [3.8, 4) is 0 Å². The van der Waals surface area contributed by atoms with E-state index in [1.807, 2.05) is 55.3 Å². The lowest BCUT2D eigenvalue weighted by Gasteiger charge is -2.36. The molecule has 0 saturated heterocycles. The molecule has 0 fully saturated rings. The lowest BCUT2D eigenvalue weighted by atomic mass is 9.89. The van der Waals surface area contributed by atoms with Crippen LogP contribution in [0.5, 0.6) is 0 Å². The van der Waals surface area contributed by atoms with E-state index < -0.39 is 5.41 Å². The Bertz CT molecular complexity index is 1470. The molecule has 5 rings (SSSR count). The number of anilines is 2. The van der Waals surface area contributed by atoms with Crippen LogP contribution >= 0.6 is 11.3 Å². The van der Waals surface area contributed by atoms with Crippen LogP contribution in [0.1, 0.15) is 39.3 Å². The van der Waals surface area contributed by atoms with Crippen molar-refractivity contribution in [2.24, 2.45) is 5.41 Å². The van der Waals surface area contributed by atoms with Crippen molar-refractivity contribution in [2.75, 3.05) is 38.5 Å². The molecule has 3 aromatic heterocycles. The zero-order valence-corrected chi connectivity index (χ0v) is 23.2. The molecular weight excluding hydrogens is 498 g/mol. The third-order valence-electron chi connectivity index (χ3n) is 7.10. The second-order valence-corrected chi connectivity index (χ2v) is 11.6. The number of nitrogens with zero attached hydrogens (tertiary/aromatic N) is 5. The fourth-order valence-corrected chi connectivity index (χ4v) is 5.82. The Balaban J connectivity index is 1.28. The highest BCUT2D eigenvalue weighted by Crippen LogP contribution is 2.31. The highest BCUT2D eigenvalue weighted by atomic mass is 32.1. The monoisotopic (exact) mass is 533 g/mol. The number of hydrogen-bond acceptors (Lipinski definition) is 8. The first-order valence-electron chi connectivity index (χ1n) is 13.0. The van der Waals surface area contributed by atoms with Crippen molar-refractivity contribution in [1.82, 2.24) is 29.7 Å². The summed E-state index contributed by atoms with van der Waals surface area (Å²) in [5.41, 5.74) is 6.20. The number of carbonyl (C=O) groups excluding carboxylic acids is 1. The number of benzene rings is 1. The number of carbonyl (C=O) groups is 1. The zero-order valence-electron chi connectivity index (χ0n) is 22.4. The summed E-state index contributed by atoms with van der Waals surface area (Å²) in [4.78, 5) is 34.0. The van der Waals surface area contributed by atoms with Gasteiger partial charge in [0, 0.05) is 37.6 Å². The van der Waals surface area contributed by atoms with E-state index in [0.29, 0.717) is 32.6 Å². The smallest absolute Gasteiger partial charge is 0.229 e. The Morgan fingerprint density at radius 1 is 1.29 bits per heavy atom. The molecule has 10 heteroatoms. The van der Waals surface area contributed by atoms with E-state index in [2.05, 4.69) is 43.5 Å². The Morgan fingerprint density at radius 2 is 2.13 bits per heavy atom. The second-order valence-electron chi connectivity index (χ2n) is 10.7. The number of rotatable bonds is 9. The van der Waals surface area contributed by atoms with Crippen molar-refractivity contribution in [3.05, 3.63) is 47.9 Å². The van der Waals surface area contributed by atoms with Gasteiger partial charge in [-0.25, -0.2) is 15.0 Å². The molecule has 9 nitrogen and oxygen atoms in total. The Hall–Kier alpha value is -3.34. The van der Waals surface area contributed by atoms with Gasteiger partial charge in [-0.05, 0) is 63.6 Å². The van der Waals surface area contributed by atoms with Gasteiger partial charge in [0.15, 0.2) is 0 Å². The van der Waals surface area contributed by atoms with Gasteiger partial charge in [0.1, 0.15) is 17.8 Å². The standard InChI is InChI=1S/C28H35N7O2S/c1-5-20(36)14-34(4)15-28(2,3)27(37)35-10-8-18(9-11-35)23-13-21-25(29-16-30-26(21)33-23)32-19-6-7-22-24(12-19)38-17-31-22/h6-8,12-13,16-17,20,36H,5,9-11,14-15H2,1-4H3,(H2,29,30,32,33). The third-order valence-corrected chi connectivity index (χ3v) is 7.89. The molecule has 0 aliphatic carbocycles. The first-order chi connectivity index (χ1) is 18.2. The van der Waals surface area contributed by atoms with Crippen molar-refractivity contribution in [2.45, 2.75) is 39.7 Å². The predicted octanol–water partition coefficient (Wildman–Crippen LogP) is 4.66. The zero-order chi connectivity index (χ0) is 26.9. The van der Waals surface area contributed by atoms with Crippen LogP contribution in [-0.2, 0) is 4.79 Å². The number of hydrogen-bond donors (Lipinski definition) is 3. The minimum absolute atomic E-state index is 0.137. The van der Waals surface area contributed by atoms with E-state index in [9.17, 15) is 9.90 Å². The topological polar surface area (TPSA) is 110 Å². The summed E-state index contributed by atoms with van der Waals surface area (Å²) in [5.74, 6) is 0.881. The van der Waals surface area contributed by atoms with E-state index in [4.69, 9.17) is 0 Å². The molecule has 0 bridgehead atoms. The summed E-state index contributed by atoms with van der Waals surface area (Å²) in [6, 6.07) is 8.17. The van der Waals surface area contributed by atoms with E-state index in [1.165, 1.54) is 5.57 Å². The van der Waals surface area contributed by atoms with E-state index in [1.54, 1.807) is 17.7 Å². The number of amides is 1. The molecule has 3 N–H and O–H groups in total. The number of aromatic nitrogens is 4. The molecule has 38 heavy (non-hydrogen) atoms. The molecule has 1 aliphatic rings. The number of nitrogens with one attached hydrogen (secondary N) is 2. The summed E-state index contributed by atoms with van der Waals surface area (Å²) in [6.07, 6.45) is 4.79. The molecular formula is C28H35N7O2S. The van der Waals surface area contributed by atoms with Crippen LogP contribution in [0.4, 0.5) is 11.5 Å². The van der Waals surface area contributed by atoms with Gasteiger partial charge >= 0.3 is 0 Å². The summed E-state index contributed by atoms with van der Waals surface area (Å²) >= 11 is 1.61. The number of thiazole rings is 1. The molecule has 4 aromatic rings. The Kier molecular flexibility index (Phi) is 7.47. The SMILES string of the molecule is CCC(O)CN(C)CC(C)(C)C(=O)N1CC=C(c2cc3c(Nc4ccc5ncsc5c4)ncnc3[nH]2)CC1. The summed E-state index contributed by atoms with van der Waals surface area (Å²) in [7, 11) is 1.96. The average molecular weight is 534 g/mol. The first kappa shape index (κ1) is 26.3. The largest absolute Gasteiger partial charge is 0.392 e. The number of fused-ring (bicyclic) bond motifs is 2. The van der Waals surface area contributed by atoms with Gasteiger partial charge in [0.25, 0.3) is 0 Å². The molecule has 0 saturated carbocycles. The number of aliphatic hydroxyl groups excluding tert-OH is 1. The number of aliphatic hydroxyl groups is 1. The third kappa shape index (κ3) is 5.57. The van der Waals surface area contributed by atoms with Gasteiger partial charge < -0.3 is 25.2 Å². The summed E-state index contributed by atoms with van der Waals surface area (Å²) < 4.78 is 1.12. The van der Waals surface area contributed by atoms with Crippen LogP contribution in [0, 0.1) is 5.41 Å². The fraction of sp³-hybridized carbons (Fsp3) is 0.429. The van der Waals surface area contributed by atoms with Crippen molar-refractivity contribution >= 4 is 55.6 Å². The quantitative estimate of drug-likeness (QED) is 0.287. The van der Waals surface area contributed by atoms with Crippen molar-refractivity contribution < 1.29 is 9.90 Å². The second kappa shape index (κ2) is 10.8. The minimum atomic E-state index is -0.535. The molecule has 4 heterocycles. The predicted molar refractivity (Wildman–Crippen MR) is 154 cm³/mol. The van der Waals surface area contributed by atoms with Crippen LogP contribution in [0.3, 0.4) is 0 Å². The van der Waals surface area contributed by atoms with Crippen LogP contribution in [0.15, 0.2) is 42.2 Å². The summed E-state index contributed by atoms with van der Waals surface area (Å²) in [6.45, 7) is 8.34. The normalized spacial score (nSPS) is 15.3. The Labute approximate surface area is 226 Å². The van der Waals surface area contributed by atoms with E-state index >= 15 is 0 Å². The van der Waals surface area contributed by atoms with Crippen LogP contribution in [0.2, 0.25) is 0 Å². The molecule has 200 valence electrons. The number of aromatic amines is 1. The van der Waals surface area contributed by atoms with Crippen molar-refractivity contribution in [1.29, 1.82) is 0 Å². The van der Waals surface area contributed by atoms with E-state index in [0.717, 1.165) is 44.9 Å². The van der Waals surface area contributed by atoms with Gasteiger partial charge in [-0.1, -0.05) is 13.0 Å². The highest BCUT2D eigenvalue weighted by Gasteiger charge is 2.34. The maximum absolute atomic E-state index is 13.3. The molecule has 1 unspecified atom stereocenters. The molecule has 0 radical (unpaired) electrons. The summed E-state index contributed by atoms with van der Waals surface area (Å²) in [5, 5.41) is 14.3. The lowest BCUT2D eigenvalue weighted by Crippen LogP contribution is -2.48. The molecule has 1 atom stereocenters. The van der Waals surface area contributed by atoms with Gasteiger partial charge in [-0.2, -0.15) is 0 Å². The molecule has 0 spiro atoms. The number of likely N-dealkylation sites (N-methyl/N-ethyl adjacent to an activating group) is 1. The first-order valence-corrected chi connectivity index (χ1v) is 13.9. The Morgan fingerprint density at radius 3 is 2.89 bits per heavy atom. The van der Waals surface area contributed by atoms with E-state index in [-0.39, 0.29) is 12.0 Å². The van der Waals surface area contributed by atoms with Gasteiger partial charge in [0.2, 0.25) is 5.91 Å². The lowest BCUT2D eigenvalue weighted by molar-refractivity contribution is -0.141. The maximum atomic E-state index is 13.3. The fourth-order valence-electron chi connectivity index (χ4n) is 5.10. The average Bonchev–Trinajstić information content (AvgIpc) is 3.55. The van der Waals surface area contributed by atoms with Gasteiger partial charge in [-0.15, -0.1) is 11.3 Å². The van der Waals surface area contributed by atoms with Crippen LogP contribution in [-0.4, -0.2) is 80.1 Å². The van der Waals surface area contributed by atoms with Crippen LogP contribution in [0.25, 0.3) is 26.8 Å².